The van der Waals surface area contributed by atoms with Crippen LogP contribution >= 0.6 is 11.6 Å². The van der Waals surface area contributed by atoms with Crippen LogP contribution < -0.4 is 4.74 Å². The maximum Gasteiger partial charge on any atom is 0.200 e. The molecule has 0 saturated heterocycles. The molecular weight excluding hydrogens is 686 g/mol. The number of ether oxygens (including phenoxy) is 4. The Balaban J connectivity index is 1.32. The quantitative estimate of drug-likeness (QED) is 0.128. The molecule has 52 heavy (non-hydrogen) atoms. The normalized spacial score (nSPS) is 25.3. The van der Waals surface area contributed by atoms with Crippen molar-refractivity contribution in [1.29, 1.82) is 0 Å². The molecule has 2 aliphatic rings. The standard InChI is InChI=1S/C43H41ClF2O6/c1-49-35-20-17-30(37(45)38(35)46)21-31-22-32(18-19-34(31)44)43-36(47)23-33(41(43)48)39(50-24-27-11-5-2-6-12-27)40(51-25-28-13-7-3-8-14-28)42(43)52-26-29-15-9-4-10-16-29/h2-20,22,33,36,39-42,47-48H,21,23-26H2,1H3/t33-,36?,39+,40+,41?,42+,43+/m1/s1. The monoisotopic (exact) mass is 726 g/mol. The van der Waals surface area contributed by atoms with Gasteiger partial charge in [0, 0.05) is 17.4 Å². The van der Waals surface area contributed by atoms with Gasteiger partial charge in [-0.25, -0.2) is 4.39 Å². The van der Waals surface area contributed by atoms with Gasteiger partial charge in [0.05, 0.1) is 50.7 Å². The van der Waals surface area contributed by atoms with Crippen molar-refractivity contribution in [3.63, 3.8) is 0 Å². The van der Waals surface area contributed by atoms with Crippen LogP contribution in [0.1, 0.15) is 39.8 Å². The molecule has 0 heterocycles. The van der Waals surface area contributed by atoms with Gasteiger partial charge in [0.15, 0.2) is 11.6 Å². The third-order valence-electron chi connectivity index (χ3n) is 10.6. The van der Waals surface area contributed by atoms with E-state index in [2.05, 4.69) is 0 Å². The summed E-state index contributed by atoms with van der Waals surface area (Å²) in [5.74, 6) is -2.84. The summed E-state index contributed by atoms with van der Waals surface area (Å²) in [5, 5.41) is 25.0. The number of benzene rings is 5. The zero-order chi connectivity index (χ0) is 36.2. The van der Waals surface area contributed by atoms with Crippen LogP contribution in [0.15, 0.2) is 121 Å². The average molecular weight is 727 g/mol. The van der Waals surface area contributed by atoms with E-state index in [1.807, 2.05) is 91.0 Å². The summed E-state index contributed by atoms with van der Waals surface area (Å²) in [6.07, 6.45) is -4.32. The van der Waals surface area contributed by atoms with Crippen molar-refractivity contribution in [2.45, 2.75) is 68.6 Å². The zero-order valence-electron chi connectivity index (χ0n) is 28.7. The lowest BCUT2D eigenvalue weighted by atomic mass is 9.63. The van der Waals surface area contributed by atoms with Crippen LogP contribution in [0.3, 0.4) is 0 Å². The summed E-state index contributed by atoms with van der Waals surface area (Å²) in [6, 6.07) is 37.2. The number of aliphatic hydroxyl groups excluding tert-OH is 2. The van der Waals surface area contributed by atoms with E-state index in [4.69, 9.17) is 30.5 Å². The molecule has 5 aromatic carbocycles. The van der Waals surface area contributed by atoms with Crippen LogP contribution in [0.25, 0.3) is 0 Å². The van der Waals surface area contributed by atoms with Crippen molar-refractivity contribution >= 4 is 11.6 Å². The third kappa shape index (κ3) is 6.99. The van der Waals surface area contributed by atoms with E-state index in [0.29, 0.717) is 16.1 Å². The second-order valence-electron chi connectivity index (χ2n) is 13.6. The van der Waals surface area contributed by atoms with E-state index < -0.39 is 53.5 Å². The molecule has 0 amide bonds. The van der Waals surface area contributed by atoms with Crippen LogP contribution in [0, 0.1) is 17.6 Å². The summed E-state index contributed by atoms with van der Waals surface area (Å²) in [7, 11) is 1.28. The number of hydrogen-bond acceptors (Lipinski definition) is 6. The fraction of sp³-hybridized carbons (Fsp3) is 0.302. The molecular formula is C43H41ClF2O6. The van der Waals surface area contributed by atoms with Gasteiger partial charge in [-0.2, -0.15) is 4.39 Å². The SMILES string of the molecule is COc1ccc(Cc2cc([C@]34C(O)C[C@@H](C3O)[C@H](OCc3ccccc3)[C@H](OCc3ccccc3)[C@@H]4OCc3ccccc3)ccc2Cl)c(F)c1F. The van der Waals surface area contributed by atoms with Gasteiger partial charge in [-0.15, -0.1) is 0 Å². The summed E-state index contributed by atoms with van der Waals surface area (Å²) in [5.41, 5.74) is 2.54. The maximum atomic E-state index is 15.2. The fourth-order valence-corrected chi connectivity index (χ4v) is 8.18. The first-order valence-electron chi connectivity index (χ1n) is 17.4. The smallest absolute Gasteiger partial charge is 0.200 e. The van der Waals surface area contributed by atoms with E-state index >= 15 is 4.39 Å². The molecule has 2 bridgehead atoms. The number of methoxy groups -OCH3 is 1. The molecule has 2 saturated carbocycles. The van der Waals surface area contributed by atoms with Gasteiger partial charge < -0.3 is 29.2 Å². The molecule has 0 aromatic heterocycles. The Kier molecular flexibility index (Phi) is 11.0. The van der Waals surface area contributed by atoms with Gasteiger partial charge in [-0.1, -0.05) is 121 Å². The lowest BCUT2D eigenvalue weighted by Gasteiger charge is -2.52. The third-order valence-corrected chi connectivity index (χ3v) is 10.9. The fourth-order valence-electron chi connectivity index (χ4n) is 8.00. The summed E-state index contributed by atoms with van der Waals surface area (Å²) >= 11 is 6.71. The minimum absolute atomic E-state index is 0.0442. The van der Waals surface area contributed by atoms with Gasteiger partial charge in [0.1, 0.15) is 12.2 Å². The molecule has 270 valence electrons. The number of halogens is 3. The molecule has 7 rings (SSSR count). The molecule has 2 N–H and O–H groups in total. The predicted octanol–water partition coefficient (Wildman–Crippen LogP) is 7.97. The van der Waals surface area contributed by atoms with Crippen LogP contribution in [-0.2, 0) is 45.9 Å². The van der Waals surface area contributed by atoms with Crippen molar-refractivity contribution in [3.8, 4) is 5.75 Å². The van der Waals surface area contributed by atoms with Crippen LogP contribution in [0.5, 0.6) is 5.75 Å². The van der Waals surface area contributed by atoms with Crippen molar-refractivity contribution in [1.82, 2.24) is 0 Å². The first-order chi connectivity index (χ1) is 25.3. The number of fused-ring (bicyclic) bond motifs is 2. The Morgan fingerprint density at radius 3 is 1.81 bits per heavy atom. The number of rotatable bonds is 13. The molecule has 2 fully saturated rings. The van der Waals surface area contributed by atoms with Gasteiger partial charge in [0.25, 0.3) is 0 Å². The number of aliphatic hydroxyl groups is 2. The highest BCUT2D eigenvalue weighted by Gasteiger charge is 2.69. The molecule has 9 heteroatoms. The highest BCUT2D eigenvalue weighted by Crippen LogP contribution is 2.56. The van der Waals surface area contributed by atoms with E-state index in [1.165, 1.54) is 19.2 Å². The molecule has 0 spiro atoms. The molecule has 6 nitrogen and oxygen atoms in total. The summed E-state index contributed by atoms with van der Waals surface area (Å²) < 4.78 is 55.2. The Labute approximate surface area is 307 Å². The predicted molar refractivity (Wildman–Crippen MR) is 194 cm³/mol. The molecule has 2 unspecified atom stereocenters. The maximum absolute atomic E-state index is 15.2. The Hall–Kier alpha value is -4.15. The first kappa shape index (κ1) is 36.2. The van der Waals surface area contributed by atoms with Crippen LogP contribution in [0.4, 0.5) is 8.78 Å². The van der Waals surface area contributed by atoms with Gasteiger partial charge in [-0.05, 0) is 51.9 Å². The highest BCUT2D eigenvalue weighted by molar-refractivity contribution is 6.31. The zero-order valence-corrected chi connectivity index (χ0v) is 29.5. The Morgan fingerprint density at radius 2 is 1.23 bits per heavy atom. The molecule has 0 aliphatic heterocycles. The van der Waals surface area contributed by atoms with Crippen molar-refractivity contribution in [2.24, 2.45) is 5.92 Å². The van der Waals surface area contributed by atoms with Gasteiger partial charge >= 0.3 is 0 Å². The minimum Gasteiger partial charge on any atom is -0.494 e. The van der Waals surface area contributed by atoms with Crippen molar-refractivity contribution in [2.75, 3.05) is 7.11 Å². The second kappa shape index (κ2) is 15.8. The second-order valence-corrected chi connectivity index (χ2v) is 14.0. The average Bonchev–Trinajstić information content (AvgIpc) is 3.37. The van der Waals surface area contributed by atoms with E-state index in [0.717, 1.165) is 16.7 Å². The molecule has 5 aromatic rings. The topological polar surface area (TPSA) is 77.4 Å². The largest absolute Gasteiger partial charge is 0.494 e. The van der Waals surface area contributed by atoms with E-state index in [1.54, 1.807) is 18.2 Å². The van der Waals surface area contributed by atoms with Crippen LogP contribution in [0.2, 0.25) is 5.02 Å². The first-order valence-corrected chi connectivity index (χ1v) is 17.8. The lowest BCUT2D eigenvalue weighted by Crippen LogP contribution is -2.66. The Bertz CT molecular complexity index is 1950. The van der Waals surface area contributed by atoms with E-state index in [-0.39, 0.29) is 44.0 Å². The van der Waals surface area contributed by atoms with Crippen molar-refractivity contribution < 1.29 is 37.9 Å². The number of hydrogen-bond donors (Lipinski definition) is 2. The van der Waals surface area contributed by atoms with Crippen molar-refractivity contribution in [3.05, 3.63) is 171 Å². The summed E-state index contributed by atoms with van der Waals surface area (Å²) in [6.45, 7) is 0.680. The van der Waals surface area contributed by atoms with E-state index in [9.17, 15) is 14.6 Å². The molecule has 0 radical (unpaired) electrons. The minimum atomic E-state index is -1.39. The highest BCUT2D eigenvalue weighted by atomic mass is 35.5. The van der Waals surface area contributed by atoms with Gasteiger partial charge in [-0.3, -0.25) is 0 Å². The Morgan fingerprint density at radius 1 is 0.673 bits per heavy atom. The lowest BCUT2D eigenvalue weighted by molar-refractivity contribution is -0.232. The van der Waals surface area contributed by atoms with Crippen LogP contribution in [-0.4, -0.2) is 47.8 Å². The van der Waals surface area contributed by atoms with Gasteiger partial charge in [0.2, 0.25) is 5.82 Å². The summed E-state index contributed by atoms with van der Waals surface area (Å²) in [4.78, 5) is 0. The molecule has 7 atom stereocenters. The molecule has 2 aliphatic carbocycles.